The summed E-state index contributed by atoms with van der Waals surface area (Å²) in [7, 11) is 1.17. The molecule has 0 amide bonds. The molecule has 2 heterocycles. The van der Waals surface area contributed by atoms with E-state index in [4.69, 9.17) is 0 Å². The van der Waals surface area contributed by atoms with Crippen molar-refractivity contribution in [3.8, 4) is 0 Å². The van der Waals surface area contributed by atoms with Gasteiger partial charge in [-0.15, -0.1) is 0 Å². The number of esters is 1. The summed E-state index contributed by atoms with van der Waals surface area (Å²) in [6, 6.07) is 0. The van der Waals surface area contributed by atoms with Crippen LogP contribution in [0, 0.1) is 0 Å². The molecular weight excluding hydrogens is 256 g/mol. The van der Waals surface area contributed by atoms with E-state index in [9.17, 15) is 19.8 Å². The van der Waals surface area contributed by atoms with Crippen LogP contribution in [0.4, 0.5) is 0 Å². The van der Waals surface area contributed by atoms with Gasteiger partial charge in [0.2, 0.25) is 0 Å². The normalized spacial score (nSPS) is 14.3. The first kappa shape index (κ1) is 13.2. The van der Waals surface area contributed by atoms with Crippen LogP contribution < -0.4 is 5.56 Å². The number of fused-ring (bicyclic) bond motifs is 1. The molecule has 2 aromatic heterocycles. The summed E-state index contributed by atoms with van der Waals surface area (Å²) in [6.07, 6.45) is -2.13. The Balaban J connectivity index is 2.34. The number of ether oxygens (including phenoxy) is 1. The molecule has 102 valence electrons. The van der Waals surface area contributed by atoms with Crippen molar-refractivity contribution >= 4 is 17.0 Å². The van der Waals surface area contributed by atoms with Gasteiger partial charge < -0.3 is 19.9 Å². The average Bonchev–Trinajstić information content (AvgIpc) is 2.82. The molecule has 2 unspecified atom stereocenters. The first-order valence-electron chi connectivity index (χ1n) is 5.39. The topological polar surface area (TPSA) is 141 Å². The Kier molecular flexibility index (Phi) is 3.58. The number of methoxy groups -OCH3 is 1. The predicted octanol–water partition coefficient (Wildman–Crippen LogP) is -1.40. The van der Waals surface area contributed by atoms with E-state index in [-0.39, 0.29) is 16.7 Å². The van der Waals surface area contributed by atoms with Crippen LogP contribution in [0.25, 0.3) is 11.0 Å². The van der Waals surface area contributed by atoms with Crippen LogP contribution in [-0.4, -0.2) is 49.6 Å². The van der Waals surface area contributed by atoms with Gasteiger partial charge in [-0.25, -0.2) is 4.98 Å². The zero-order chi connectivity index (χ0) is 14.0. The largest absolute Gasteiger partial charge is 0.469 e. The van der Waals surface area contributed by atoms with Gasteiger partial charge in [0.15, 0.2) is 5.65 Å². The molecule has 19 heavy (non-hydrogen) atoms. The Hall–Kier alpha value is -2.26. The SMILES string of the molecule is COC(=O)CC(O)C(O)c1[nH]nc2nc[nH]c(=O)c12. The number of H-pyrrole nitrogens is 2. The summed E-state index contributed by atoms with van der Waals surface area (Å²) in [5.74, 6) is -0.678. The highest BCUT2D eigenvalue weighted by Gasteiger charge is 2.26. The van der Waals surface area contributed by atoms with E-state index in [0.29, 0.717) is 0 Å². The van der Waals surface area contributed by atoms with E-state index < -0.39 is 30.2 Å². The first-order chi connectivity index (χ1) is 9.04. The van der Waals surface area contributed by atoms with Gasteiger partial charge in [-0.3, -0.25) is 14.7 Å². The van der Waals surface area contributed by atoms with Crippen molar-refractivity contribution in [1.29, 1.82) is 0 Å². The molecule has 0 bridgehead atoms. The number of rotatable bonds is 4. The van der Waals surface area contributed by atoms with E-state index >= 15 is 0 Å². The molecule has 0 saturated heterocycles. The Morgan fingerprint density at radius 3 is 2.95 bits per heavy atom. The first-order valence-corrected chi connectivity index (χ1v) is 5.39. The van der Waals surface area contributed by atoms with Crippen LogP contribution >= 0.6 is 0 Å². The molecule has 9 nitrogen and oxygen atoms in total. The number of hydrogen-bond acceptors (Lipinski definition) is 7. The zero-order valence-corrected chi connectivity index (χ0v) is 9.95. The lowest BCUT2D eigenvalue weighted by Gasteiger charge is -2.15. The molecule has 0 spiro atoms. The fraction of sp³-hybridized carbons (Fsp3) is 0.400. The summed E-state index contributed by atoms with van der Waals surface area (Å²) in [5.41, 5.74) is -0.387. The fourth-order valence-electron chi connectivity index (χ4n) is 1.66. The Bertz CT molecular complexity index is 649. The Labute approximate surface area is 106 Å². The van der Waals surface area contributed by atoms with E-state index in [1.165, 1.54) is 13.4 Å². The smallest absolute Gasteiger partial charge is 0.308 e. The molecule has 0 aromatic carbocycles. The van der Waals surface area contributed by atoms with E-state index in [1.54, 1.807) is 0 Å². The maximum atomic E-state index is 11.6. The molecule has 2 atom stereocenters. The second-order valence-electron chi connectivity index (χ2n) is 3.86. The Morgan fingerprint density at radius 1 is 1.53 bits per heavy atom. The second-order valence-corrected chi connectivity index (χ2v) is 3.86. The van der Waals surface area contributed by atoms with Gasteiger partial charge in [0, 0.05) is 0 Å². The van der Waals surface area contributed by atoms with Gasteiger partial charge in [0.05, 0.1) is 31.7 Å². The quantitative estimate of drug-likeness (QED) is 0.500. The van der Waals surface area contributed by atoms with Crippen LogP contribution in [-0.2, 0) is 9.53 Å². The summed E-state index contributed by atoms with van der Waals surface area (Å²) >= 11 is 0. The maximum absolute atomic E-state index is 11.6. The molecule has 0 aliphatic rings. The lowest BCUT2D eigenvalue weighted by molar-refractivity contribution is -0.144. The minimum absolute atomic E-state index is 0.000697. The van der Waals surface area contributed by atoms with Crippen molar-refractivity contribution in [3.63, 3.8) is 0 Å². The number of aliphatic hydroxyl groups is 2. The number of aliphatic hydroxyl groups excluding tert-OH is 2. The number of aromatic amines is 2. The van der Waals surface area contributed by atoms with Crippen LogP contribution in [0.5, 0.6) is 0 Å². The number of nitrogens with one attached hydrogen (secondary N) is 2. The number of aromatic nitrogens is 4. The standard InChI is InChI=1S/C10H12N4O5/c1-19-5(16)2-4(15)8(17)7-6-9(14-13-7)11-3-12-10(6)18/h3-4,8,15,17H,2H2,1H3,(H2,11,12,13,14,18). The minimum atomic E-state index is -1.48. The third kappa shape index (κ3) is 2.46. The molecule has 2 aromatic rings. The zero-order valence-electron chi connectivity index (χ0n) is 9.95. The summed E-state index contributed by atoms with van der Waals surface area (Å²) in [4.78, 5) is 28.8. The summed E-state index contributed by atoms with van der Waals surface area (Å²) in [6.45, 7) is 0. The third-order valence-corrected chi connectivity index (χ3v) is 2.65. The number of hydrogen-bond donors (Lipinski definition) is 4. The van der Waals surface area contributed by atoms with Crippen molar-refractivity contribution in [2.24, 2.45) is 0 Å². The van der Waals surface area contributed by atoms with Crippen LogP contribution in [0.15, 0.2) is 11.1 Å². The average molecular weight is 268 g/mol. The summed E-state index contributed by atoms with van der Waals surface area (Å²) < 4.78 is 4.38. The molecule has 4 N–H and O–H groups in total. The van der Waals surface area contributed by atoms with Crippen LogP contribution in [0.1, 0.15) is 18.2 Å². The lowest BCUT2D eigenvalue weighted by atomic mass is 10.1. The van der Waals surface area contributed by atoms with Gasteiger partial charge in [-0.1, -0.05) is 0 Å². The van der Waals surface area contributed by atoms with Crippen LogP contribution in [0.3, 0.4) is 0 Å². The lowest BCUT2D eigenvalue weighted by Crippen LogP contribution is -2.24. The van der Waals surface area contributed by atoms with Gasteiger partial charge >= 0.3 is 5.97 Å². The predicted molar refractivity (Wildman–Crippen MR) is 62.1 cm³/mol. The molecular formula is C10H12N4O5. The van der Waals surface area contributed by atoms with Crippen molar-refractivity contribution in [1.82, 2.24) is 20.2 Å². The van der Waals surface area contributed by atoms with Crippen molar-refractivity contribution < 1.29 is 19.7 Å². The van der Waals surface area contributed by atoms with Crippen molar-refractivity contribution in [2.75, 3.05) is 7.11 Å². The minimum Gasteiger partial charge on any atom is -0.469 e. The van der Waals surface area contributed by atoms with Gasteiger partial charge in [-0.2, -0.15) is 5.10 Å². The molecule has 9 heteroatoms. The Morgan fingerprint density at radius 2 is 2.26 bits per heavy atom. The van der Waals surface area contributed by atoms with E-state index in [1.807, 2.05) is 0 Å². The van der Waals surface area contributed by atoms with Crippen LogP contribution in [0.2, 0.25) is 0 Å². The van der Waals surface area contributed by atoms with Gasteiger partial charge in [0.1, 0.15) is 11.5 Å². The van der Waals surface area contributed by atoms with E-state index in [0.717, 1.165) is 0 Å². The molecule has 0 radical (unpaired) electrons. The second kappa shape index (κ2) is 5.16. The third-order valence-electron chi connectivity index (χ3n) is 2.65. The molecule has 0 aliphatic carbocycles. The molecule has 0 saturated carbocycles. The monoisotopic (exact) mass is 268 g/mol. The number of carbonyl (C=O) groups excluding carboxylic acids is 1. The maximum Gasteiger partial charge on any atom is 0.308 e. The highest BCUT2D eigenvalue weighted by molar-refractivity contribution is 5.77. The molecule has 0 fully saturated rings. The van der Waals surface area contributed by atoms with Crippen molar-refractivity contribution in [3.05, 3.63) is 22.4 Å². The fourth-order valence-corrected chi connectivity index (χ4v) is 1.66. The van der Waals surface area contributed by atoms with Crippen molar-refractivity contribution in [2.45, 2.75) is 18.6 Å². The number of carbonyl (C=O) groups is 1. The van der Waals surface area contributed by atoms with Gasteiger partial charge in [0.25, 0.3) is 5.56 Å². The highest BCUT2D eigenvalue weighted by Crippen LogP contribution is 2.21. The molecule has 2 rings (SSSR count). The molecule has 0 aliphatic heterocycles. The highest BCUT2D eigenvalue weighted by atomic mass is 16.5. The number of nitrogens with zero attached hydrogens (tertiary/aromatic N) is 2. The summed E-state index contributed by atoms with van der Waals surface area (Å²) in [5, 5.41) is 25.9. The van der Waals surface area contributed by atoms with E-state index in [2.05, 4.69) is 24.9 Å². The van der Waals surface area contributed by atoms with Gasteiger partial charge in [-0.05, 0) is 0 Å².